The molecular formula is C19H14F2N8O3. The van der Waals surface area contributed by atoms with Gasteiger partial charge < -0.3 is 10.0 Å². The highest BCUT2D eigenvalue weighted by Crippen LogP contribution is 2.60. The maximum Gasteiger partial charge on any atom is 0.374 e. The van der Waals surface area contributed by atoms with Gasteiger partial charge in [-0.25, -0.2) is 4.79 Å². The number of alkyl halides is 2. The van der Waals surface area contributed by atoms with Crippen molar-refractivity contribution in [3.8, 4) is 0 Å². The molecule has 0 spiro atoms. The number of carbonyl (C=O) groups excluding carboxylic acids is 1. The minimum Gasteiger partial charge on any atom is -0.477 e. The van der Waals surface area contributed by atoms with E-state index in [9.17, 15) is 29.4 Å². The molecule has 2 aliphatic rings. The first-order valence-electron chi connectivity index (χ1n) is 9.18. The van der Waals surface area contributed by atoms with Crippen molar-refractivity contribution in [2.45, 2.75) is 23.7 Å². The highest BCUT2D eigenvalue weighted by atomic mass is 19.3. The lowest BCUT2D eigenvalue weighted by atomic mass is 9.72. The van der Waals surface area contributed by atoms with Crippen LogP contribution in [-0.2, 0) is 10.3 Å². The number of rotatable bonds is 5. The van der Waals surface area contributed by atoms with E-state index < -0.39 is 35.5 Å². The Bertz CT molecular complexity index is 1260. The number of azide groups is 2. The highest BCUT2D eigenvalue weighted by Gasteiger charge is 2.70. The van der Waals surface area contributed by atoms with Gasteiger partial charge in [0.2, 0.25) is 5.79 Å². The number of fused-ring (bicyclic) bond motifs is 4. The number of hydrogen-bond donors (Lipinski definition) is 1. The van der Waals surface area contributed by atoms with E-state index in [-0.39, 0.29) is 16.8 Å². The van der Waals surface area contributed by atoms with Gasteiger partial charge >= 0.3 is 11.9 Å². The summed E-state index contributed by atoms with van der Waals surface area (Å²) >= 11 is 0. The summed E-state index contributed by atoms with van der Waals surface area (Å²) in [4.78, 5) is 32.7. The monoisotopic (exact) mass is 440 g/mol. The molecule has 2 aromatic carbocycles. The molecule has 0 aliphatic carbocycles. The Morgan fingerprint density at radius 3 is 2.31 bits per heavy atom. The standard InChI is InChI=1S/C19H14F2N8O3/c1-28-13-8-4-5-9-14(13)29-15(30)11-6-2-3-7-12(11)17(24-26-22,19(28,29)25-27-23)10-18(20,21)16(31)32/h2-9H,10H2,1H3,(H,31,32). The molecule has 0 radical (unpaired) electrons. The number of aliphatic carboxylic acids is 1. The quantitative estimate of drug-likeness (QED) is 0.415. The molecule has 0 saturated heterocycles. The molecule has 0 aromatic heterocycles. The molecule has 11 nitrogen and oxygen atoms in total. The summed E-state index contributed by atoms with van der Waals surface area (Å²) in [6, 6.07) is 11.8. The van der Waals surface area contributed by atoms with Gasteiger partial charge in [-0.3, -0.25) is 9.69 Å². The molecule has 2 aliphatic heterocycles. The zero-order valence-electron chi connectivity index (χ0n) is 16.4. The summed E-state index contributed by atoms with van der Waals surface area (Å²) in [6.07, 6.45) is -1.57. The molecular weight excluding hydrogens is 426 g/mol. The fourth-order valence-corrected chi connectivity index (χ4v) is 4.57. The number of carbonyl (C=O) groups is 2. The lowest BCUT2D eigenvalue weighted by molar-refractivity contribution is -0.169. The van der Waals surface area contributed by atoms with Gasteiger partial charge in [-0.1, -0.05) is 35.4 Å². The molecule has 0 fully saturated rings. The van der Waals surface area contributed by atoms with Crippen LogP contribution in [0.1, 0.15) is 22.3 Å². The highest BCUT2D eigenvalue weighted by molar-refractivity contribution is 6.14. The summed E-state index contributed by atoms with van der Waals surface area (Å²) in [6.45, 7) is 0. The number of carboxylic acid groups (broad SMARTS) is 1. The van der Waals surface area contributed by atoms with Crippen molar-refractivity contribution in [1.29, 1.82) is 0 Å². The van der Waals surface area contributed by atoms with Crippen molar-refractivity contribution in [1.82, 2.24) is 0 Å². The van der Waals surface area contributed by atoms with Gasteiger partial charge in [-0.2, -0.15) is 8.78 Å². The number of hydrogen-bond acceptors (Lipinski definition) is 5. The van der Waals surface area contributed by atoms with Crippen molar-refractivity contribution in [3.63, 3.8) is 0 Å². The number of para-hydroxylation sites is 2. The predicted molar refractivity (Wildman–Crippen MR) is 108 cm³/mol. The van der Waals surface area contributed by atoms with E-state index in [1.165, 1.54) is 42.3 Å². The lowest BCUT2D eigenvalue weighted by Crippen LogP contribution is -2.71. The number of benzene rings is 2. The Kier molecular flexibility index (Phi) is 4.47. The summed E-state index contributed by atoms with van der Waals surface area (Å²) in [5.74, 6) is -9.91. The molecule has 162 valence electrons. The lowest BCUT2D eigenvalue weighted by Gasteiger charge is -2.54. The number of halogens is 2. The molecule has 1 N–H and O–H groups in total. The van der Waals surface area contributed by atoms with Crippen molar-refractivity contribution in [3.05, 3.63) is 80.5 Å². The van der Waals surface area contributed by atoms with E-state index in [1.54, 1.807) is 18.2 Å². The van der Waals surface area contributed by atoms with Gasteiger partial charge in [0.25, 0.3) is 5.91 Å². The second-order valence-corrected chi connectivity index (χ2v) is 7.29. The third-order valence-electron chi connectivity index (χ3n) is 5.81. The smallest absolute Gasteiger partial charge is 0.374 e. The van der Waals surface area contributed by atoms with E-state index in [0.717, 1.165) is 4.90 Å². The van der Waals surface area contributed by atoms with Gasteiger partial charge in [0.1, 0.15) is 5.54 Å². The number of amides is 1. The third kappa shape index (κ3) is 2.40. The van der Waals surface area contributed by atoms with Crippen LogP contribution in [-0.4, -0.2) is 35.7 Å². The average Bonchev–Trinajstić information content (AvgIpc) is 3.02. The van der Waals surface area contributed by atoms with E-state index in [2.05, 4.69) is 20.1 Å². The van der Waals surface area contributed by atoms with Crippen LogP contribution in [0.15, 0.2) is 58.8 Å². The minimum atomic E-state index is -4.40. The van der Waals surface area contributed by atoms with Crippen LogP contribution in [0.5, 0.6) is 0 Å². The first-order valence-corrected chi connectivity index (χ1v) is 9.18. The van der Waals surface area contributed by atoms with Gasteiger partial charge in [0, 0.05) is 28.9 Å². The van der Waals surface area contributed by atoms with Crippen molar-refractivity contribution >= 4 is 23.3 Å². The third-order valence-corrected chi connectivity index (χ3v) is 5.81. The maximum absolute atomic E-state index is 14.8. The summed E-state index contributed by atoms with van der Waals surface area (Å²) in [7, 11) is 1.38. The Morgan fingerprint density at radius 2 is 1.69 bits per heavy atom. The molecule has 0 bridgehead atoms. The molecule has 2 aromatic rings. The average molecular weight is 440 g/mol. The van der Waals surface area contributed by atoms with Gasteiger partial charge in [-0.15, -0.1) is 0 Å². The normalized spacial score (nSPS) is 23.4. The predicted octanol–water partition coefficient (Wildman–Crippen LogP) is 4.38. The zero-order chi connectivity index (χ0) is 23.3. The van der Waals surface area contributed by atoms with Crippen LogP contribution >= 0.6 is 0 Å². The van der Waals surface area contributed by atoms with Crippen LogP contribution in [0.2, 0.25) is 0 Å². The Labute approximate surface area is 178 Å². The SMILES string of the molecule is CN1c2ccccc2N2C(=O)c3ccccc3C(CC(F)(F)C(=O)O)(N=[N+]=[N-])C12N=[N+]=[N-]. The maximum atomic E-state index is 14.8. The number of likely N-dealkylation sites (N-methyl/N-ethyl adjacent to an activating group) is 1. The Balaban J connectivity index is 2.21. The van der Waals surface area contributed by atoms with Crippen LogP contribution in [0, 0.1) is 0 Å². The van der Waals surface area contributed by atoms with Crippen LogP contribution in [0.25, 0.3) is 20.9 Å². The largest absolute Gasteiger partial charge is 0.477 e. The Hall–Kier alpha value is -4.34. The molecule has 32 heavy (non-hydrogen) atoms. The molecule has 0 saturated carbocycles. The number of nitrogens with zero attached hydrogens (tertiary/aromatic N) is 8. The molecule has 13 heteroatoms. The van der Waals surface area contributed by atoms with Gasteiger partial charge in [-0.05, 0) is 39.9 Å². The van der Waals surface area contributed by atoms with E-state index in [1.807, 2.05) is 0 Å². The zero-order valence-corrected chi connectivity index (χ0v) is 16.4. The van der Waals surface area contributed by atoms with Gasteiger partial charge in [0.15, 0.2) is 0 Å². The molecule has 1 amide bonds. The number of carboxylic acids is 1. The first kappa shape index (κ1) is 20.9. The minimum absolute atomic E-state index is 0.0880. The van der Waals surface area contributed by atoms with Crippen LogP contribution < -0.4 is 9.80 Å². The van der Waals surface area contributed by atoms with Crippen LogP contribution in [0.3, 0.4) is 0 Å². The molecule has 2 unspecified atom stereocenters. The molecule has 4 rings (SSSR count). The summed E-state index contributed by atoms with van der Waals surface area (Å²) < 4.78 is 29.5. The fourth-order valence-electron chi connectivity index (χ4n) is 4.57. The van der Waals surface area contributed by atoms with Crippen molar-refractivity contribution in [2.24, 2.45) is 10.2 Å². The topological polar surface area (TPSA) is 158 Å². The van der Waals surface area contributed by atoms with Gasteiger partial charge in [0.05, 0.1) is 11.4 Å². The van der Waals surface area contributed by atoms with Crippen molar-refractivity contribution in [2.75, 3.05) is 16.8 Å². The van der Waals surface area contributed by atoms with E-state index in [0.29, 0.717) is 5.69 Å². The van der Waals surface area contributed by atoms with Crippen molar-refractivity contribution < 1.29 is 23.5 Å². The van der Waals surface area contributed by atoms with E-state index in [4.69, 9.17) is 5.11 Å². The summed E-state index contributed by atoms with van der Waals surface area (Å²) in [5.41, 5.74) is 16.7. The first-order chi connectivity index (χ1) is 15.2. The fraction of sp³-hybridized carbons (Fsp3) is 0.263. The van der Waals surface area contributed by atoms with Crippen LogP contribution in [0.4, 0.5) is 20.2 Å². The second kappa shape index (κ2) is 6.84. The number of anilines is 2. The second-order valence-electron chi connectivity index (χ2n) is 7.29. The molecule has 2 heterocycles. The Morgan fingerprint density at radius 1 is 1.09 bits per heavy atom. The summed E-state index contributed by atoms with van der Waals surface area (Å²) in [5, 5.41) is 16.6. The van der Waals surface area contributed by atoms with E-state index >= 15 is 0 Å². The molecule has 2 atom stereocenters.